The van der Waals surface area contributed by atoms with E-state index < -0.39 is 33.6 Å². The Hall–Kier alpha value is -6.80. The first-order valence-corrected chi connectivity index (χ1v) is 15.0. The van der Waals surface area contributed by atoms with E-state index in [0.717, 1.165) is 11.3 Å². The van der Waals surface area contributed by atoms with Crippen LogP contribution < -0.4 is 19.6 Å². The van der Waals surface area contributed by atoms with E-state index in [9.17, 15) is 40.2 Å². The molecule has 2 aromatic heterocycles. The van der Waals surface area contributed by atoms with Crippen LogP contribution in [0.1, 0.15) is 26.9 Å². The van der Waals surface area contributed by atoms with Crippen molar-refractivity contribution in [3.8, 4) is 34.6 Å². The van der Waals surface area contributed by atoms with Crippen molar-refractivity contribution in [3.63, 3.8) is 0 Å². The molecule has 6 rings (SSSR count). The lowest BCUT2D eigenvalue weighted by molar-refractivity contribution is -0.385. The van der Waals surface area contributed by atoms with Gasteiger partial charge in [0.05, 0.1) is 64.3 Å². The maximum Gasteiger partial charge on any atom is 0.335 e. The molecule has 0 spiro atoms. The summed E-state index contributed by atoms with van der Waals surface area (Å²) < 4.78 is 18.6. The fourth-order valence-electron chi connectivity index (χ4n) is 5.34. The molecule has 49 heavy (non-hydrogen) atoms. The number of nitriles is 1. The van der Waals surface area contributed by atoms with Gasteiger partial charge >= 0.3 is 5.97 Å². The zero-order valence-electron chi connectivity index (χ0n) is 25.3. The molecule has 0 radical (unpaired) electrons. The number of fused-ring (bicyclic) bond motifs is 1. The van der Waals surface area contributed by atoms with Crippen LogP contribution >= 0.6 is 11.3 Å². The Balaban J connectivity index is 1.59. The Labute approximate surface area is 279 Å². The van der Waals surface area contributed by atoms with Gasteiger partial charge in [-0.1, -0.05) is 23.5 Å². The molecule has 246 valence electrons. The summed E-state index contributed by atoms with van der Waals surface area (Å²) in [6, 6.07) is 19.0. The topological polar surface area (TPSA) is 225 Å². The molecule has 0 aliphatic carbocycles. The number of nitro benzene ring substituents is 2. The number of anilines is 1. The lowest BCUT2D eigenvalue weighted by Crippen LogP contribution is -2.33. The first-order valence-electron chi connectivity index (χ1n) is 14.1. The second-order valence-corrected chi connectivity index (χ2v) is 11.4. The first-order chi connectivity index (χ1) is 23.5. The number of thiazole rings is 1. The van der Waals surface area contributed by atoms with Gasteiger partial charge in [0.1, 0.15) is 34.7 Å². The molecular weight excluding hydrogens is 660 g/mol. The highest BCUT2D eigenvalue weighted by atomic mass is 32.1. The number of furan rings is 1. The number of nitro groups is 2. The molecule has 17 heteroatoms. The van der Waals surface area contributed by atoms with E-state index in [0.29, 0.717) is 16.2 Å². The van der Waals surface area contributed by atoms with Crippen molar-refractivity contribution in [1.29, 1.82) is 5.26 Å². The number of hydrogen-bond acceptors (Lipinski definition) is 12. The molecule has 3 aromatic carbocycles. The number of carboxylic acids is 1. The minimum Gasteiger partial charge on any atom is -0.494 e. The number of aromatic nitrogens is 1. The van der Waals surface area contributed by atoms with Crippen molar-refractivity contribution in [2.45, 2.75) is 5.92 Å². The van der Waals surface area contributed by atoms with Crippen LogP contribution in [-0.2, 0) is 4.79 Å². The average Bonchev–Trinajstić information content (AvgIpc) is 3.72. The monoisotopic (exact) mass is 682 g/mol. The molecule has 2 unspecified atom stereocenters. The highest BCUT2D eigenvalue weighted by Crippen LogP contribution is 2.45. The Bertz CT molecular complexity index is 2280. The van der Waals surface area contributed by atoms with Gasteiger partial charge in [0, 0.05) is 17.7 Å². The number of amides is 1. The van der Waals surface area contributed by atoms with Crippen LogP contribution in [-0.4, -0.2) is 45.6 Å². The molecule has 0 fully saturated rings. The van der Waals surface area contributed by atoms with Gasteiger partial charge in [-0.05, 0) is 36.4 Å². The van der Waals surface area contributed by atoms with Gasteiger partial charge in [-0.25, -0.2) is 9.79 Å². The number of methoxy groups -OCH3 is 2. The van der Waals surface area contributed by atoms with Crippen LogP contribution in [0.5, 0.6) is 11.5 Å². The van der Waals surface area contributed by atoms with Gasteiger partial charge in [-0.2, -0.15) is 5.26 Å². The van der Waals surface area contributed by atoms with Crippen LogP contribution in [0, 0.1) is 37.5 Å². The zero-order valence-corrected chi connectivity index (χ0v) is 26.2. The minimum absolute atomic E-state index is 0.0604. The minimum atomic E-state index is -1.26. The van der Waals surface area contributed by atoms with E-state index in [4.69, 9.17) is 18.9 Å². The summed E-state index contributed by atoms with van der Waals surface area (Å²) in [6.07, 6.45) is 0. The summed E-state index contributed by atoms with van der Waals surface area (Å²) in [4.78, 5) is 52.0. The van der Waals surface area contributed by atoms with E-state index in [1.807, 2.05) is 0 Å². The third kappa shape index (κ3) is 5.83. The van der Waals surface area contributed by atoms with Crippen LogP contribution in [0.15, 0.2) is 82.2 Å². The number of nitrogens with one attached hydrogen (secondary N) is 1. The van der Waals surface area contributed by atoms with Gasteiger partial charge in [-0.15, -0.1) is 0 Å². The van der Waals surface area contributed by atoms with Crippen molar-refractivity contribution < 1.29 is 38.4 Å². The van der Waals surface area contributed by atoms with Gasteiger partial charge in [0.25, 0.3) is 11.4 Å². The predicted octanol–water partition coefficient (Wildman–Crippen LogP) is 5.79. The van der Waals surface area contributed by atoms with Crippen LogP contribution in [0.3, 0.4) is 0 Å². The van der Waals surface area contributed by atoms with Gasteiger partial charge in [-0.3, -0.25) is 29.6 Å². The highest BCUT2D eigenvalue weighted by Gasteiger charge is 2.42. The third-order valence-corrected chi connectivity index (χ3v) is 8.81. The van der Waals surface area contributed by atoms with Crippen LogP contribution in [0.2, 0.25) is 0 Å². The van der Waals surface area contributed by atoms with Gasteiger partial charge in [0.15, 0.2) is 10.6 Å². The number of non-ortho nitro benzene ring substituents is 2. The fraction of sp³-hybridized carbons (Fsp3) is 0.125. The van der Waals surface area contributed by atoms with Gasteiger partial charge in [0.2, 0.25) is 5.91 Å². The van der Waals surface area contributed by atoms with Crippen LogP contribution in [0.25, 0.3) is 17.0 Å². The second-order valence-electron chi connectivity index (χ2n) is 10.4. The maximum atomic E-state index is 13.5. The summed E-state index contributed by atoms with van der Waals surface area (Å²) in [7, 11) is 2.64. The average molecular weight is 683 g/mol. The SMILES string of the molecule is COc1cc([N+](=O)[O-])ccc1N=c1sc2c(n1-c1ccc([N+](=O)[O-])cc1OC)NC(=O)C(C#N)C2c1ccc(-c2ccc(C(=O)O)cc2)o1. The Kier molecular flexibility index (Phi) is 8.38. The quantitative estimate of drug-likeness (QED) is 0.140. The molecule has 0 saturated carbocycles. The summed E-state index contributed by atoms with van der Waals surface area (Å²) in [5, 5.41) is 45.2. The Morgan fingerprint density at radius 2 is 1.65 bits per heavy atom. The number of aromatic carboxylic acids is 1. The Morgan fingerprint density at radius 1 is 1.00 bits per heavy atom. The number of carboxylic acid groups (broad SMARTS) is 1. The molecule has 5 aromatic rings. The molecule has 16 nitrogen and oxygen atoms in total. The van der Waals surface area contributed by atoms with Crippen molar-refractivity contribution in [2.24, 2.45) is 10.9 Å². The summed E-state index contributed by atoms with van der Waals surface area (Å²) >= 11 is 1.07. The Morgan fingerprint density at radius 3 is 2.27 bits per heavy atom. The molecular formula is C32H22N6O10S. The van der Waals surface area contributed by atoms with Crippen molar-refractivity contribution >= 4 is 46.1 Å². The normalized spacial score (nSPS) is 15.5. The summed E-state index contributed by atoms with van der Waals surface area (Å²) in [6.45, 7) is 0. The maximum absolute atomic E-state index is 13.5. The third-order valence-electron chi connectivity index (χ3n) is 7.68. The van der Waals surface area contributed by atoms with E-state index in [2.05, 4.69) is 11.4 Å². The lowest BCUT2D eigenvalue weighted by atomic mass is 9.86. The van der Waals surface area contributed by atoms with E-state index in [-0.39, 0.29) is 56.2 Å². The number of nitrogens with zero attached hydrogens (tertiary/aromatic N) is 5. The molecule has 0 bridgehead atoms. The zero-order chi connectivity index (χ0) is 35.0. The summed E-state index contributed by atoms with van der Waals surface area (Å²) in [5.74, 6) is -3.03. The lowest BCUT2D eigenvalue weighted by Gasteiger charge is -2.26. The summed E-state index contributed by atoms with van der Waals surface area (Å²) in [5.41, 5.74) is 0.584. The van der Waals surface area contributed by atoms with E-state index >= 15 is 0 Å². The molecule has 1 aliphatic rings. The van der Waals surface area contributed by atoms with E-state index in [1.54, 1.807) is 24.3 Å². The van der Waals surface area contributed by atoms with Crippen molar-refractivity contribution in [3.05, 3.63) is 114 Å². The smallest absolute Gasteiger partial charge is 0.335 e. The number of hydrogen-bond donors (Lipinski definition) is 2. The highest BCUT2D eigenvalue weighted by molar-refractivity contribution is 7.10. The molecule has 1 amide bonds. The molecule has 1 aliphatic heterocycles. The number of ether oxygens (including phenoxy) is 2. The van der Waals surface area contributed by atoms with Crippen molar-refractivity contribution in [2.75, 3.05) is 19.5 Å². The largest absolute Gasteiger partial charge is 0.494 e. The van der Waals surface area contributed by atoms with Crippen molar-refractivity contribution in [1.82, 2.24) is 4.57 Å². The fourth-order valence-corrected chi connectivity index (χ4v) is 6.58. The number of benzene rings is 3. The predicted molar refractivity (Wildman–Crippen MR) is 172 cm³/mol. The second kappa shape index (κ2) is 12.8. The number of carbonyl (C=O) groups excluding carboxylic acids is 1. The number of carbonyl (C=O) groups is 2. The molecule has 2 N–H and O–H groups in total. The van der Waals surface area contributed by atoms with E-state index in [1.165, 1.54) is 67.3 Å². The standard InChI is InChI=1S/C32H22N6O10S/c1-46-25-13-18(37(42)43)7-9-21(25)34-32-36(22-10-8-19(38(44)45)14-26(22)47-2)29-28(49-32)27(20(15-33)30(39)35-29)24-12-11-23(48-24)16-3-5-17(6-4-16)31(40)41/h3-14,20,27H,1-2H3,(H,35,39)(H,40,41). The number of rotatable bonds is 9. The molecule has 3 heterocycles. The van der Waals surface area contributed by atoms with Crippen LogP contribution in [0.4, 0.5) is 22.9 Å². The van der Waals surface area contributed by atoms with Gasteiger partial charge < -0.3 is 24.3 Å². The molecule has 2 atom stereocenters. The first kappa shape index (κ1) is 32.2. The molecule has 0 saturated heterocycles.